The van der Waals surface area contributed by atoms with Crippen molar-refractivity contribution < 1.29 is 4.52 Å². The average Bonchev–Trinajstić information content (AvgIpc) is 2.89. The molecule has 0 bridgehead atoms. The van der Waals surface area contributed by atoms with E-state index in [-0.39, 0.29) is 0 Å². The van der Waals surface area contributed by atoms with Crippen LogP contribution in [0.4, 0.5) is 0 Å². The largest absolute Gasteiger partial charge is 0.334 e. The van der Waals surface area contributed by atoms with Gasteiger partial charge in [0, 0.05) is 12.4 Å². The Hall–Kier alpha value is -1.75. The van der Waals surface area contributed by atoms with Gasteiger partial charge in [0.05, 0.1) is 11.1 Å². The molecule has 0 amide bonds. The van der Waals surface area contributed by atoms with Crippen molar-refractivity contribution in [3.05, 3.63) is 30.4 Å². The minimum Gasteiger partial charge on any atom is -0.334 e. The van der Waals surface area contributed by atoms with Gasteiger partial charge in [0.25, 0.3) is 5.89 Å². The standard InChI is InChI=1S/C12H16N4O/c1-3-12(13,4-2)11-15-10(17-16-11)9-6-5-7-14-8-9/h5-8H,3-4,13H2,1-2H3. The van der Waals surface area contributed by atoms with Gasteiger partial charge in [-0.2, -0.15) is 4.98 Å². The van der Waals surface area contributed by atoms with Crippen LogP contribution in [0.5, 0.6) is 0 Å². The molecule has 2 aromatic heterocycles. The van der Waals surface area contributed by atoms with E-state index in [0.717, 1.165) is 18.4 Å². The van der Waals surface area contributed by atoms with Crippen molar-refractivity contribution in [1.29, 1.82) is 0 Å². The van der Waals surface area contributed by atoms with Gasteiger partial charge in [0.1, 0.15) is 0 Å². The summed E-state index contributed by atoms with van der Waals surface area (Å²) >= 11 is 0. The first-order valence-electron chi connectivity index (χ1n) is 5.73. The van der Waals surface area contributed by atoms with E-state index in [9.17, 15) is 0 Å². The summed E-state index contributed by atoms with van der Waals surface area (Å²) < 4.78 is 5.22. The number of nitrogens with two attached hydrogens (primary N) is 1. The Morgan fingerprint density at radius 3 is 2.71 bits per heavy atom. The lowest BCUT2D eigenvalue weighted by molar-refractivity contribution is 0.350. The molecule has 90 valence electrons. The molecular weight excluding hydrogens is 216 g/mol. The number of rotatable bonds is 4. The second-order valence-corrected chi connectivity index (χ2v) is 4.03. The summed E-state index contributed by atoms with van der Waals surface area (Å²) in [6.45, 7) is 4.03. The molecule has 2 heterocycles. The zero-order valence-corrected chi connectivity index (χ0v) is 10.1. The van der Waals surface area contributed by atoms with Crippen LogP contribution in [-0.4, -0.2) is 15.1 Å². The van der Waals surface area contributed by atoms with Crippen LogP contribution in [0.3, 0.4) is 0 Å². The molecular formula is C12H16N4O. The van der Waals surface area contributed by atoms with E-state index in [0.29, 0.717) is 11.7 Å². The van der Waals surface area contributed by atoms with Crippen LogP contribution in [0.1, 0.15) is 32.5 Å². The Kier molecular flexibility index (Phi) is 3.19. The van der Waals surface area contributed by atoms with Gasteiger partial charge in [-0.1, -0.05) is 19.0 Å². The van der Waals surface area contributed by atoms with E-state index in [1.807, 2.05) is 26.0 Å². The van der Waals surface area contributed by atoms with Crippen molar-refractivity contribution in [3.8, 4) is 11.5 Å². The predicted octanol–water partition coefficient (Wildman–Crippen LogP) is 2.11. The lowest BCUT2D eigenvalue weighted by atomic mass is 9.93. The van der Waals surface area contributed by atoms with Crippen molar-refractivity contribution in [2.75, 3.05) is 0 Å². The van der Waals surface area contributed by atoms with Crippen molar-refractivity contribution in [1.82, 2.24) is 15.1 Å². The molecule has 0 atom stereocenters. The minimum absolute atomic E-state index is 0.463. The fraction of sp³-hybridized carbons (Fsp3) is 0.417. The minimum atomic E-state index is -0.510. The van der Waals surface area contributed by atoms with Gasteiger partial charge in [-0.3, -0.25) is 4.98 Å². The van der Waals surface area contributed by atoms with Gasteiger partial charge in [0.15, 0.2) is 5.82 Å². The van der Waals surface area contributed by atoms with Crippen LogP contribution in [0.25, 0.3) is 11.5 Å². The highest BCUT2D eigenvalue weighted by atomic mass is 16.5. The SMILES string of the molecule is CCC(N)(CC)c1noc(-c2cccnc2)n1. The zero-order valence-electron chi connectivity index (χ0n) is 10.1. The van der Waals surface area contributed by atoms with E-state index >= 15 is 0 Å². The van der Waals surface area contributed by atoms with Crippen LogP contribution in [0.2, 0.25) is 0 Å². The molecule has 0 fully saturated rings. The quantitative estimate of drug-likeness (QED) is 0.873. The average molecular weight is 232 g/mol. The highest BCUT2D eigenvalue weighted by Crippen LogP contribution is 2.25. The van der Waals surface area contributed by atoms with Crippen LogP contribution in [0, 0.1) is 0 Å². The first-order valence-corrected chi connectivity index (χ1v) is 5.73. The van der Waals surface area contributed by atoms with Gasteiger partial charge in [-0.05, 0) is 25.0 Å². The van der Waals surface area contributed by atoms with Crippen molar-refractivity contribution in [3.63, 3.8) is 0 Å². The van der Waals surface area contributed by atoms with E-state index in [2.05, 4.69) is 15.1 Å². The Morgan fingerprint density at radius 2 is 2.12 bits per heavy atom. The van der Waals surface area contributed by atoms with E-state index in [4.69, 9.17) is 10.3 Å². The first kappa shape index (κ1) is 11.7. The van der Waals surface area contributed by atoms with Crippen molar-refractivity contribution >= 4 is 0 Å². The molecule has 5 nitrogen and oxygen atoms in total. The Labute approximate surface area is 100 Å². The maximum Gasteiger partial charge on any atom is 0.259 e. The smallest absolute Gasteiger partial charge is 0.259 e. The Bertz CT molecular complexity index is 476. The van der Waals surface area contributed by atoms with Crippen molar-refractivity contribution in [2.24, 2.45) is 5.73 Å². The lowest BCUT2D eigenvalue weighted by Crippen LogP contribution is -2.36. The molecule has 2 N–H and O–H groups in total. The molecule has 0 aliphatic heterocycles. The summed E-state index contributed by atoms with van der Waals surface area (Å²) in [4.78, 5) is 8.37. The maximum absolute atomic E-state index is 6.21. The number of pyridine rings is 1. The summed E-state index contributed by atoms with van der Waals surface area (Å²) in [7, 11) is 0. The predicted molar refractivity (Wildman–Crippen MR) is 64.0 cm³/mol. The maximum atomic E-state index is 6.21. The molecule has 0 unspecified atom stereocenters. The normalized spacial score (nSPS) is 11.7. The van der Waals surface area contributed by atoms with E-state index in [1.54, 1.807) is 12.4 Å². The third-order valence-electron chi connectivity index (χ3n) is 3.04. The van der Waals surface area contributed by atoms with Gasteiger partial charge in [0.2, 0.25) is 0 Å². The van der Waals surface area contributed by atoms with E-state index < -0.39 is 5.54 Å². The fourth-order valence-corrected chi connectivity index (χ4v) is 1.60. The summed E-state index contributed by atoms with van der Waals surface area (Å²) in [6, 6.07) is 3.70. The molecule has 0 aromatic carbocycles. The highest BCUT2D eigenvalue weighted by molar-refractivity contribution is 5.50. The second kappa shape index (κ2) is 4.63. The van der Waals surface area contributed by atoms with E-state index in [1.165, 1.54) is 0 Å². The number of aromatic nitrogens is 3. The topological polar surface area (TPSA) is 77.8 Å². The molecule has 0 spiro atoms. The van der Waals surface area contributed by atoms with Gasteiger partial charge >= 0.3 is 0 Å². The van der Waals surface area contributed by atoms with Gasteiger partial charge in [-0.25, -0.2) is 0 Å². The van der Waals surface area contributed by atoms with Crippen LogP contribution < -0.4 is 5.73 Å². The van der Waals surface area contributed by atoms with Crippen LogP contribution in [-0.2, 0) is 5.54 Å². The highest BCUT2D eigenvalue weighted by Gasteiger charge is 2.29. The number of nitrogens with zero attached hydrogens (tertiary/aromatic N) is 3. The molecule has 17 heavy (non-hydrogen) atoms. The fourth-order valence-electron chi connectivity index (χ4n) is 1.60. The zero-order chi connectivity index (χ0) is 12.3. The monoisotopic (exact) mass is 232 g/mol. The molecule has 0 aliphatic carbocycles. The van der Waals surface area contributed by atoms with Crippen LogP contribution in [0.15, 0.2) is 29.0 Å². The Balaban J connectivity index is 2.34. The second-order valence-electron chi connectivity index (χ2n) is 4.03. The molecule has 5 heteroatoms. The summed E-state index contributed by atoms with van der Waals surface area (Å²) in [6.07, 6.45) is 4.94. The van der Waals surface area contributed by atoms with Gasteiger partial charge in [-0.15, -0.1) is 0 Å². The molecule has 0 saturated carbocycles. The van der Waals surface area contributed by atoms with Crippen molar-refractivity contribution in [2.45, 2.75) is 32.2 Å². The lowest BCUT2D eigenvalue weighted by Gasteiger charge is -2.21. The summed E-state index contributed by atoms with van der Waals surface area (Å²) in [5.41, 5.74) is 6.51. The first-order chi connectivity index (χ1) is 8.19. The Morgan fingerprint density at radius 1 is 1.35 bits per heavy atom. The third-order valence-corrected chi connectivity index (χ3v) is 3.04. The summed E-state index contributed by atoms with van der Waals surface area (Å²) in [5.74, 6) is 1.02. The number of hydrogen-bond acceptors (Lipinski definition) is 5. The molecule has 0 saturated heterocycles. The third kappa shape index (κ3) is 2.19. The number of hydrogen-bond donors (Lipinski definition) is 1. The summed E-state index contributed by atoms with van der Waals surface area (Å²) in [5, 5.41) is 3.97. The molecule has 2 rings (SSSR count). The molecule has 0 aliphatic rings. The molecule has 2 aromatic rings. The molecule has 0 radical (unpaired) electrons. The van der Waals surface area contributed by atoms with Crippen LogP contribution >= 0.6 is 0 Å². The van der Waals surface area contributed by atoms with Gasteiger partial charge < -0.3 is 10.3 Å².